The number of ether oxygens (including phenoxy) is 1. The van der Waals surface area contributed by atoms with E-state index in [1.54, 1.807) is 7.11 Å². The van der Waals surface area contributed by atoms with Gasteiger partial charge >= 0.3 is 5.97 Å². The number of carbonyl (C=O) groups is 1. The van der Waals surface area contributed by atoms with Crippen LogP contribution in [0, 0.1) is 0 Å². The van der Waals surface area contributed by atoms with Gasteiger partial charge in [0.05, 0.1) is 7.11 Å². The topological polar surface area (TPSA) is 66.8 Å². The summed E-state index contributed by atoms with van der Waals surface area (Å²) in [5.74, 6) is -0.615. The van der Waals surface area contributed by atoms with E-state index in [0.717, 1.165) is 27.3 Å². The van der Waals surface area contributed by atoms with Crippen molar-refractivity contribution in [3.05, 3.63) is 48.0 Å². The summed E-state index contributed by atoms with van der Waals surface area (Å²) in [6.07, 6.45) is 0. The van der Waals surface area contributed by atoms with Crippen LogP contribution in [-0.2, 0) is 0 Å². The number of benzene rings is 3. The maximum atomic E-state index is 11.0. The molecule has 0 aliphatic carbocycles. The minimum absolute atomic E-state index is 0.0923. The first-order valence-corrected chi connectivity index (χ1v) is 6.07. The molecule has 0 aliphatic heterocycles. The Balaban J connectivity index is 2.37. The Kier molecular flexibility index (Phi) is 2.71. The van der Waals surface area contributed by atoms with Gasteiger partial charge in [-0.1, -0.05) is 18.2 Å². The summed E-state index contributed by atoms with van der Waals surface area (Å²) in [6, 6.07) is 12.4. The fourth-order valence-corrected chi connectivity index (χ4v) is 2.38. The quantitative estimate of drug-likeness (QED) is 0.699. The number of methoxy groups -OCH3 is 1. The Morgan fingerprint density at radius 3 is 2.35 bits per heavy atom. The van der Waals surface area contributed by atoms with Crippen LogP contribution in [0.5, 0.6) is 11.5 Å². The molecule has 2 N–H and O–H groups in total. The molecule has 0 heterocycles. The van der Waals surface area contributed by atoms with Gasteiger partial charge in [0.2, 0.25) is 0 Å². The summed E-state index contributed by atoms with van der Waals surface area (Å²) in [7, 11) is 1.60. The van der Waals surface area contributed by atoms with E-state index in [9.17, 15) is 9.90 Å². The van der Waals surface area contributed by atoms with Crippen LogP contribution in [0.3, 0.4) is 0 Å². The lowest BCUT2D eigenvalue weighted by atomic mass is 9.99. The van der Waals surface area contributed by atoms with Crippen molar-refractivity contribution < 1.29 is 19.7 Å². The van der Waals surface area contributed by atoms with Gasteiger partial charge in [0.25, 0.3) is 0 Å². The Morgan fingerprint density at radius 1 is 1.00 bits per heavy atom. The Morgan fingerprint density at radius 2 is 1.70 bits per heavy atom. The van der Waals surface area contributed by atoms with Crippen molar-refractivity contribution in [2.75, 3.05) is 7.11 Å². The molecule has 0 saturated carbocycles. The second-order valence-electron chi connectivity index (χ2n) is 4.55. The second kappa shape index (κ2) is 4.42. The van der Waals surface area contributed by atoms with E-state index >= 15 is 0 Å². The van der Waals surface area contributed by atoms with Gasteiger partial charge in [-0.2, -0.15) is 0 Å². The van der Waals surface area contributed by atoms with Gasteiger partial charge in [-0.15, -0.1) is 0 Å². The highest BCUT2D eigenvalue weighted by Gasteiger charge is 2.12. The monoisotopic (exact) mass is 268 g/mol. The molecular formula is C16H12O4. The van der Waals surface area contributed by atoms with E-state index < -0.39 is 5.97 Å². The van der Waals surface area contributed by atoms with E-state index in [2.05, 4.69) is 0 Å². The number of aromatic hydroxyl groups is 1. The molecule has 3 aromatic carbocycles. The van der Waals surface area contributed by atoms with Crippen LogP contribution < -0.4 is 4.74 Å². The third-order valence-electron chi connectivity index (χ3n) is 3.39. The zero-order valence-corrected chi connectivity index (χ0v) is 10.8. The maximum absolute atomic E-state index is 11.0. The number of carboxylic acids is 1. The molecule has 0 fully saturated rings. The van der Waals surface area contributed by atoms with Crippen LogP contribution in [0.2, 0.25) is 0 Å². The summed E-state index contributed by atoms with van der Waals surface area (Å²) >= 11 is 0. The largest absolute Gasteiger partial charge is 0.507 e. The van der Waals surface area contributed by atoms with E-state index in [1.165, 1.54) is 12.1 Å². The van der Waals surface area contributed by atoms with E-state index in [4.69, 9.17) is 9.84 Å². The van der Waals surface area contributed by atoms with Crippen LogP contribution >= 0.6 is 0 Å². The standard InChI is InChI=1S/C16H12O4/c1-20-11-4-5-12-9(6-11)2-3-10-7-14(16(18)19)15(17)8-13(10)12/h2-8,17H,1H3,(H,18,19). The molecule has 4 heteroatoms. The Bertz CT molecular complexity index is 837. The molecule has 0 bridgehead atoms. The van der Waals surface area contributed by atoms with E-state index in [-0.39, 0.29) is 11.3 Å². The third-order valence-corrected chi connectivity index (χ3v) is 3.39. The molecule has 3 aromatic rings. The average Bonchev–Trinajstić information content (AvgIpc) is 2.45. The summed E-state index contributed by atoms with van der Waals surface area (Å²) < 4.78 is 5.18. The van der Waals surface area contributed by atoms with Crippen molar-refractivity contribution in [3.8, 4) is 11.5 Å². The first kappa shape index (κ1) is 12.3. The van der Waals surface area contributed by atoms with Gasteiger partial charge in [-0.05, 0) is 45.8 Å². The van der Waals surface area contributed by atoms with Crippen LogP contribution in [0.25, 0.3) is 21.5 Å². The highest BCUT2D eigenvalue weighted by molar-refractivity contribution is 6.10. The summed E-state index contributed by atoms with van der Waals surface area (Å²) in [5, 5.41) is 22.4. The van der Waals surface area contributed by atoms with Gasteiger partial charge in [0, 0.05) is 0 Å². The van der Waals surface area contributed by atoms with Crippen LogP contribution in [0.15, 0.2) is 42.5 Å². The van der Waals surface area contributed by atoms with Gasteiger partial charge in [0.1, 0.15) is 17.1 Å². The summed E-state index contributed by atoms with van der Waals surface area (Å²) in [4.78, 5) is 11.0. The minimum Gasteiger partial charge on any atom is -0.507 e. The molecule has 0 aromatic heterocycles. The predicted octanol–water partition coefficient (Wildman–Crippen LogP) is 3.41. The van der Waals surface area contributed by atoms with Crippen LogP contribution in [0.4, 0.5) is 0 Å². The number of aromatic carboxylic acids is 1. The van der Waals surface area contributed by atoms with Crippen LogP contribution in [0.1, 0.15) is 10.4 Å². The maximum Gasteiger partial charge on any atom is 0.339 e. The second-order valence-corrected chi connectivity index (χ2v) is 4.55. The lowest BCUT2D eigenvalue weighted by Crippen LogP contribution is -1.96. The summed E-state index contributed by atoms with van der Waals surface area (Å²) in [6.45, 7) is 0. The molecule has 0 amide bonds. The van der Waals surface area contributed by atoms with Gasteiger partial charge < -0.3 is 14.9 Å². The van der Waals surface area contributed by atoms with Gasteiger partial charge in [-0.3, -0.25) is 0 Å². The zero-order chi connectivity index (χ0) is 14.3. The normalized spacial score (nSPS) is 10.8. The molecule has 0 radical (unpaired) electrons. The molecular weight excluding hydrogens is 256 g/mol. The zero-order valence-electron chi connectivity index (χ0n) is 10.8. The third kappa shape index (κ3) is 1.82. The molecule has 0 saturated heterocycles. The lowest BCUT2D eigenvalue weighted by molar-refractivity contribution is 0.0694. The number of hydrogen-bond donors (Lipinski definition) is 2. The van der Waals surface area contributed by atoms with E-state index in [0.29, 0.717) is 0 Å². The number of carboxylic acid groups (broad SMARTS) is 1. The average molecular weight is 268 g/mol. The van der Waals surface area contributed by atoms with Crippen molar-refractivity contribution in [2.45, 2.75) is 0 Å². The fraction of sp³-hybridized carbons (Fsp3) is 0.0625. The van der Waals surface area contributed by atoms with Gasteiger partial charge in [-0.25, -0.2) is 4.79 Å². The number of fused-ring (bicyclic) bond motifs is 3. The van der Waals surface area contributed by atoms with Crippen molar-refractivity contribution in [1.29, 1.82) is 0 Å². The number of rotatable bonds is 2. The molecule has 0 spiro atoms. The molecule has 0 atom stereocenters. The smallest absolute Gasteiger partial charge is 0.339 e. The van der Waals surface area contributed by atoms with Crippen molar-refractivity contribution in [1.82, 2.24) is 0 Å². The molecule has 4 nitrogen and oxygen atoms in total. The molecule has 0 unspecified atom stereocenters. The minimum atomic E-state index is -1.14. The van der Waals surface area contributed by atoms with Crippen molar-refractivity contribution >= 4 is 27.5 Å². The molecule has 0 aliphatic rings. The predicted molar refractivity (Wildman–Crippen MR) is 76.6 cm³/mol. The van der Waals surface area contributed by atoms with E-state index in [1.807, 2.05) is 30.3 Å². The first-order chi connectivity index (χ1) is 9.60. The van der Waals surface area contributed by atoms with Crippen molar-refractivity contribution in [3.63, 3.8) is 0 Å². The number of hydrogen-bond acceptors (Lipinski definition) is 3. The Labute approximate surface area is 114 Å². The lowest BCUT2D eigenvalue weighted by Gasteiger charge is -2.08. The molecule has 3 rings (SSSR count). The highest BCUT2D eigenvalue weighted by atomic mass is 16.5. The van der Waals surface area contributed by atoms with Crippen LogP contribution in [-0.4, -0.2) is 23.3 Å². The Hall–Kier alpha value is -2.75. The highest BCUT2D eigenvalue weighted by Crippen LogP contribution is 2.32. The van der Waals surface area contributed by atoms with Gasteiger partial charge in [0.15, 0.2) is 0 Å². The molecule has 20 heavy (non-hydrogen) atoms. The van der Waals surface area contributed by atoms with Crippen molar-refractivity contribution in [2.24, 2.45) is 0 Å². The number of phenols is 1. The molecule has 100 valence electrons. The summed E-state index contributed by atoms with van der Waals surface area (Å²) in [5.41, 5.74) is -0.0923. The SMILES string of the molecule is COc1ccc2c(ccc3cc(C(=O)O)c(O)cc32)c1. The fourth-order valence-electron chi connectivity index (χ4n) is 2.38. The first-order valence-electron chi connectivity index (χ1n) is 6.07.